The average Bonchev–Trinajstić information content (AvgIpc) is 2.40. The maximum Gasteiger partial charge on any atom is 0.224 e. The van der Waals surface area contributed by atoms with E-state index in [0.717, 1.165) is 38.4 Å². The Morgan fingerprint density at radius 1 is 1.44 bits per heavy atom. The Kier molecular flexibility index (Phi) is 5.33. The van der Waals surface area contributed by atoms with Crippen molar-refractivity contribution in [2.75, 3.05) is 44.7 Å². The van der Waals surface area contributed by atoms with Crippen molar-refractivity contribution in [3.8, 4) is 0 Å². The minimum absolute atomic E-state index is 0.335. The molecule has 2 aliphatic heterocycles. The first kappa shape index (κ1) is 14.2. The summed E-state index contributed by atoms with van der Waals surface area (Å²) in [6, 6.07) is 0.923. The van der Waals surface area contributed by atoms with Gasteiger partial charge in [0.05, 0.1) is 0 Å². The van der Waals surface area contributed by atoms with Crippen LogP contribution in [0.15, 0.2) is 0 Å². The summed E-state index contributed by atoms with van der Waals surface area (Å²) in [7, 11) is 2.16. The summed E-state index contributed by atoms with van der Waals surface area (Å²) in [5.74, 6) is 2.59. The molecule has 0 aromatic rings. The van der Waals surface area contributed by atoms with Crippen molar-refractivity contribution in [1.82, 2.24) is 15.1 Å². The second-order valence-corrected chi connectivity index (χ2v) is 6.46. The molecule has 0 aromatic carbocycles. The molecule has 1 N–H and O–H groups in total. The number of amides is 1. The van der Waals surface area contributed by atoms with Crippen LogP contribution in [0.3, 0.4) is 0 Å². The quantitative estimate of drug-likeness (QED) is 0.817. The molecule has 2 saturated heterocycles. The van der Waals surface area contributed by atoms with Gasteiger partial charge in [-0.25, -0.2) is 0 Å². The van der Waals surface area contributed by atoms with Crippen molar-refractivity contribution in [3.05, 3.63) is 0 Å². The Balaban J connectivity index is 1.81. The molecular formula is C13H25N3OS. The summed E-state index contributed by atoms with van der Waals surface area (Å²) in [4.78, 5) is 16.7. The van der Waals surface area contributed by atoms with Crippen LogP contribution in [0.2, 0.25) is 0 Å². The van der Waals surface area contributed by atoms with Crippen molar-refractivity contribution in [1.29, 1.82) is 0 Å². The van der Waals surface area contributed by atoms with Gasteiger partial charge in [-0.3, -0.25) is 9.69 Å². The highest BCUT2D eigenvalue weighted by Gasteiger charge is 2.27. The van der Waals surface area contributed by atoms with Gasteiger partial charge in [-0.05, 0) is 13.5 Å². The van der Waals surface area contributed by atoms with E-state index in [-0.39, 0.29) is 0 Å². The molecule has 104 valence electrons. The number of carbonyl (C=O) groups is 1. The molecule has 0 radical (unpaired) electrons. The Morgan fingerprint density at radius 3 is 2.94 bits per heavy atom. The second kappa shape index (κ2) is 6.78. The van der Waals surface area contributed by atoms with E-state index in [1.54, 1.807) is 0 Å². The number of piperazine rings is 1. The molecule has 4 nitrogen and oxygen atoms in total. The average molecular weight is 271 g/mol. The van der Waals surface area contributed by atoms with Crippen molar-refractivity contribution in [2.24, 2.45) is 0 Å². The number of nitrogens with zero attached hydrogens (tertiary/aromatic N) is 2. The number of hydrogen-bond acceptors (Lipinski definition) is 4. The van der Waals surface area contributed by atoms with Gasteiger partial charge in [0.1, 0.15) is 0 Å². The number of thioether (sulfide) groups is 1. The van der Waals surface area contributed by atoms with Crippen LogP contribution >= 0.6 is 11.8 Å². The largest absolute Gasteiger partial charge is 0.340 e. The van der Waals surface area contributed by atoms with Gasteiger partial charge in [-0.1, -0.05) is 6.92 Å². The number of likely N-dealkylation sites (N-methyl/N-ethyl adjacent to an activating group) is 1. The fourth-order valence-corrected chi connectivity index (χ4v) is 3.65. The zero-order valence-corrected chi connectivity index (χ0v) is 12.3. The third-order valence-electron chi connectivity index (χ3n) is 4.02. The molecule has 0 aromatic heterocycles. The van der Waals surface area contributed by atoms with Crippen LogP contribution < -0.4 is 5.32 Å². The summed E-state index contributed by atoms with van der Waals surface area (Å²) in [6.07, 6.45) is 1.80. The van der Waals surface area contributed by atoms with Crippen molar-refractivity contribution in [3.63, 3.8) is 0 Å². The van der Waals surface area contributed by atoms with Gasteiger partial charge in [-0.15, -0.1) is 0 Å². The zero-order chi connectivity index (χ0) is 13.0. The zero-order valence-electron chi connectivity index (χ0n) is 11.5. The van der Waals surface area contributed by atoms with Crippen molar-refractivity contribution in [2.45, 2.75) is 31.8 Å². The number of nitrogens with one attached hydrogen (secondary N) is 1. The maximum atomic E-state index is 12.3. The minimum atomic E-state index is 0.335. The number of hydrogen-bond donors (Lipinski definition) is 1. The molecular weight excluding hydrogens is 246 g/mol. The molecule has 0 saturated carbocycles. The van der Waals surface area contributed by atoms with Crippen molar-refractivity contribution < 1.29 is 4.79 Å². The van der Waals surface area contributed by atoms with Crippen LogP contribution in [0.4, 0.5) is 0 Å². The lowest BCUT2D eigenvalue weighted by Gasteiger charge is -2.39. The van der Waals surface area contributed by atoms with Crippen LogP contribution in [0, 0.1) is 0 Å². The van der Waals surface area contributed by atoms with E-state index in [1.807, 2.05) is 11.8 Å². The third-order valence-corrected chi connectivity index (χ3v) is 5.15. The lowest BCUT2D eigenvalue weighted by molar-refractivity contribution is -0.134. The minimum Gasteiger partial charge on any atom is -0.340 e. The molecule has 5 heteroatoms. The highest BCUT2D eigenvalue weighted by Crippen LogP contribution is 2.15. The number of carbonyl (C=O) groups excluding carboxylic acids is 1. The number of rotatable bonds is 3. The Bertz CT molecular complexity index is 281. The molecule has 2 heterocycles. The van der Waals surface area contributed by atoms with Gasteiger partial charge in [0.2, 0.25) is 5.91 Å². The molecule has 2 unspecified atom stereocenters. The molecule has 0 aliphatic carbocycles. The van der Waals surface area contributed by atoms with Crippen LogP contribution in [0.25, 0.3) is 0 Å². The van der Waals surface area contributed by atoms with E-state index in [2.05, 4.69) is 29.1 Å². The van der Waals surface area contributed by atoms with Crippen LogP contribution in [0.5, 0.6) is 0 Å². The van der Waals surface area contributed by atoms with Gasteiger partial charge < -0.3 is 10.2 Å². The van der Waals surface area contributed by atoms with Crippen LogP contribution in [-0.2, 0) is 4.79 Å². The summed E-state index contributed by atoms with van der Waals surface area (Å²) in [5.41, 5.74) is 0. The highest BCUT2D eigenvalue weighted by atomic mass is 32.2. The van der Waals surface area contributed by atoms with Gasteiger partial charge in [-0.2, -0.15) is 11.8 Å². The molecule has 1 amide bonds. The molecule has 2 rings (SSSR count). The highest BCUT2D eigenvalue weighted by molar-refractivity contribution is 7.99. The molecule has 0 bridgehead atoms. The molecule has 0 spiro atoms. The van der Waals surface area contributed by atoms with Crippen LogP contribution in [-0.4, -0.2) is 72.5 Å². The monoisotopic (exact) mass is 271 g/mol. The van der Waals surface area contributed by atoms with Gasteiger partial charge in [0.25, 0.3) is 0 Å². The Labute approximate surface area is 114 Å². The Morgan fingerprint density at radius 2 is 2.28 bits per heavy atom. The fraction of sp³-hybridized carbons (Fsp3) is 0.923. The molecule has 2 fully saturated rings. The topological polar surface area (TPSA) is 35.6 Å². The normalized spacial score (nSPS) is 30.4. The summed E-state index contributed by atoms with van der Waals surface area (Å²) < 4.78 is 0. The van der Waals surface area contributed by atoms with E-state index >= 15 is 0 Å². The summed E-state index contributed by atoms with van der Waals surface area (Å²) in [6.45, 7) is 6.06. The smallest absolute Gasteiger partial charge is 0.224 e. The van der Waals surface area contributed by atoms with E-state index in [4.69, 9.17) is 0 Å². The van der Waals surface area contributed by atoms with Gasteiger partial charge >= 0.3 is 0 Å². The molecule has 2 aliphatic rings. The SMILES string of the molecule is CCC1CN(C(=O)CC2CSCCN2)CCN1C. The van der Waals surface area contributed by atoms with Crippen molar-refractivity contribution >= 4 is 17.7 Å². The first-order valence-electron chi connectivity index (χ1n) is 7.00. The molecule has 2 atom stereocenters. The maximum absolute atomic E-state index is 12.3. The van der Waals surface area contributed by atoms with E-state index in [9.17, 15) is 4.79 Å². The first-order chi connectivity index (χ1) is 8.70. The van der Waals surface area contributed by atoms with E-state index < -0.39 is 0 Å². The van der Waals surface area contributed by atoms with E-state index in [0.29, 0.717) is 24.4 Å². The van der Waals surface area contributed by atoms with Crippen LogP contribution in [0.1, 0.15) is 19.8 Å². The summed E-state index contributed by atoms with van der Waals surface area (Å²) >= 11 is 1.96. The van der Waals surface area contributed by atoms with E-state index in [1.165, 1.54) is 5.75 Å². The first-order valence-corrected chi connectivity index (χ1v) is 8.15. The lowest BCUT2D eigenvalue weighted by Crippen LogP contribution is -2.54. The third kappa shape index (κ3) is 3.62. The predicted octanol–water partition coefficient (Wildman–Crippen LogP) is 0.634. The predicted molar refractivity (Wildman–Crippen MR) is 77.0 cm³/mol. The Hall–Kier alpha value is -0.260. The standard InChI is InChI=1S/C13H25N3OS/c1-3-12-9-16(6-5-15(12)2)13(17)8-11-10-18-7-4-14-11/h11-12,14H,3-10H2,1-2H3. The molecule has 18 heavy (non-hydrogen) atoms. The second-order valence-electron chi connectivity index (χ2n) is 5.31. The lowest BCUT2D eigenvalue weighted by atomic mass is 10.1. The van der Waals surface area contributed by atoms with Gasteiger partial charge in [0, 0.05) is 56.2 Å². The fourth-order valence-electron chi connectivity index (χ4n) is 2.70. The summed E-state index contributed by atoms with van der Waals surface area (Å²) in [5, 5.41) is 3.44. The van der Waals surface area contributed by atoms with Gasteiger partial charge in [0.15, 0.2) is 0 Å².